The van der Waals surface area contributed by atoms with Crippen molar-refractivity contribution in [1.82, 2.24) is 9.97 Å². The number of imide groups is 1. The summed E-state index contributed by atoms with van der Waals surface area (Å²) in [5.41, 5.74) is -2.44. The molecule has 0 atom stereocenters. The number of alkyl halides is 3. The molecular formula is C21H24ClF3N4O4. The zero-order valence-electron chi connectivity index (χ0n) is 18.9. The Hall–Kier alpha value is -3.08. The average Bonchev–Trinajstić information content (AvgIpc) is 2.57. The number of hydrogen-bond acceptors (Lipinski definition) is 7. The van der Waals surface area contributed by atoms with Crippen molar-refractivity contribution in [3.8, 4) is 0 Å². The van der Waals surface area contributed by atoms with Gasteiger partial charge >= 0.3 is 18.4 Å². The second-order valence-electron chi connectivity index (χ2n) is 8.88. The second kappa shape index (κ2) is 9.42. The molecule has 0 aliphatic carbocycles. The van der Waals surface area contributed by atoms with Gasteiger partial charge < -0.3 is 14.8 Å². The second-order valence-corrected chi connectivity index (χ2v) is 9.21. The number of benzene rings is 1. The molecule has 8 nitrogen and oxygen atoms in total. The van der Waals surface area contributed by atoms with Gasteiger partial charge in [-0.1, -0.05) is 0 Å². The molecule has 0 saturated carbocycles. The van der Waals surface area contributed by atoms with Crippen LogP contribution < -0.4 is 10.2 Å². The topological polar surface area (TPSA) is 93.7 Å². The highest BCUT2D eigenvalue weighted by molar-refractivity contribution is 6.28. The van der Waals surface area contributed by atoms with Crippen LogP contribution in [0.25, 0.3) is 0 Å². The molecule has 0 radical (unpaired) electrons. The lowest BCUT2D eigenvalue weighted by Crippen LogP contribution is -2.44. The normalized spacial score (nSPS) is 12.2. The highest BCUT2D eigenvalue weighted by atomic mass is 35.5. The van der Waals surface area contributed by atoms with Gasteiger partial charge in [-0.25, -0.2) is 14.6 Å². The Balaban J connectivity index is 2.41. The van der Waals surface area contributed by atoms with E-state index in [4.69, 9.17) is 21.1 Å². The van der Waals surface area contributed by atoms with E-state index in [2.05, 4.69) is 15.3 Å². The minimum absolute atomic E-state index is 0.0156. The predicted octanol–water partition coefficient (Wildman–Crippen LogP) is 6.57. The van der Waals surface area contributed by atoms with Crippen molar-refractivity contribution in [2.75, 3.05) is 10.2 Å². The van der Waals surface area contributed by atoms with E-state index in [1.165, 1.54) is 18.2 Å². The summed E-state index contributed by atoms with van der Waals surface area (Å²) >= 11 is 5.98. The Labute approximate surface area is 194 Å². The maximum atomic E-state index is 12.8. The van der Waals surface area contributed by atoms with Crippen LogP contribution in [0.3, 0.4) is 0 Å². The first kappa shape index (κ1) is 26.2. The van der Waals surface area contributed by atoms with Crippen LogP contribution in [0, 0.1) is 0 Å². The number of rotatable bonds is 3. The van der Waals surface area contributed by atoms with Gasteiger partial charge in [-0.15, -0.1) is 0 Å². The molecule has 2 rings (SSSR count). The van der Waals surface area contributed by atoms with E-state index >= 15 is 0 Å². The minimum atomic E-state index is -4.48. The minimum Gasteiger partial charge on any atom is -0.443 e. The van der Waals surface area contributed by atoms with Crippen LogP contribution in [0.5, 0.6) is 0 Å². The zero-order chi connectivity index (χ0) is 25.2. The average molecular weight is 489 g/mol. The fraction of sp³-hybridized carbons (Fsp3) is 0.429. The summed E-state index contributed by atoms with van der Waals surface area (Å²) in [6.07, 6.45) is -6.61. The SMILES string of the molecule is CC(C)(C)OC(=O)N(C(=O)OC(C)(C)C)c1cc(Nc2ccc(C(F)(F)F)cc2)nc(Cl)n1. The molecule has 1 heterocycles. The van der Waals surface area contributed by atoms with E-state index in [0.29, 0.717) is 4.90 Å². The highest BCUT2D eigenvalue weighted by Crippen LogP contribution is 2.31. The number of halogens is 4. The number of hydrogen-bond donors (Lipinski definition) is 1. The first-order valence-corrected chi connectivity index (χ1v) is 10.1. The molecule has 0 saturated heterocycles. The zero-order valence-corrected chi connectivity index (χ0v) is 19.6. The first-order chi connectivity index (χ1) is 14.9. The number of carbonyl (C=O) groups is 2. The lowest BCUT2D eigenvalue weighted by atomic mass is 10.2. The van der Waals surface area contributed by atoms with Crippen molar-refractivity contribution < 1.29 is 32.2 Å². The van der Waals surface area contributed by atoms with Gasteiger partial charge in [0.25, 0.3) is 0 Å². The molecule has 0 bridgehead atoms. The fourth-order valence-corrected chi connectivity index (χ4v) is 2.53. The van der Waals surface area contributed by atoms with E-state index in [9.17, 15) is 22.8 Å². The summed E-state index contributed by atoms with van der Waals surface area (Å²) in [6.45, 7) is 9.68. The van der Waals surface area contributed by atoms with Gasteiger partial charge in [0, 0.05) is 11.8 Å². The van der Waals surface area contributed by atoms with Crippen LogP contribution in [0.4, 0.5) is 40.1 Å². The van der Waals surface area contributed by atoms with Crippen molar-refractivity contribution in [3.63, 3.8) is 0 Å². The summed E-state index contributed by atoms with van der Waals surface area (Å²) in [5, 5.41) is 2.42. The summed E-state index contributed by atoms with van der Waals surface area (Å²) in [6, 6.07) is 5.37. The van der Waals surface area contributed by atoms with Crippen LogP contribution in [-0.2, 0) is 15.7 Å². The summed E-state index contributed by atoms with van der Waals surface area (Å²) in [7, 11) is 0. The van der Waals surface area contributed by atoms with Crippen molar-refractivity contribution in [2.45, 2.75) is 58.9 Å². The molecule has 12 heteroatoms. The molecule has 2 aromatic rings. The third-order valence-corrected chi connectivity index (χ3v) is 3.72. The molecule has 0 aliphatic rings. The van der Waals surface area contributed by atoms with Gasteiger partial charge in [0.1, 0.15) is 17.0 Å². The van der Waals surface area contributed by atoms with Crippen LogP contribution in [0.1, 0.15) is 47.1 Å². The molecule has 0 unspecified atom stereocenters. The van der Waals surface area contributed by atoms with Gasteiger partial charge in [-0.05, 0) is 77.4 Å². The molecule has 1 aromatic heterocycles. The van der Waals surface area contributed by atoms with Crippen LogP contribution >= 0.6 is 11.6 Å². The molecule has 0 fully saturated rings. The molecule has 0 aliphatic heterocycles. The molecule has 33 heavy (non-hydrogen) atoms. The Morgan fingerprint density at radius 2 is 1.39 bits per heavy atom. The maximum absolute atomic E-state index is 12.8. The van der Waals surface area contributed by atoms with Crippen LogP contribution in [-0.4, -0.2) is 33.4 Å². The van der Waals surface area contributed by atoms with Gasteiger partial charge in [0.15, 0.2) is 5.82 Å². The number of anilines is 3. The third kappa shape index (κ3) is 8.08. The number of carbonyl (C=O) groups excluding carboxylic acids is 2. The van der Waals surface area contributed by atoms with Crippen molar-refractivity contribution >= 4 is 41.1 Å². The van der Waals surface area contributed by atoms with Crippen molar-refractivity contribution in [3.05, 3.63) is 41.2 Å². The lowest BCUT2D eigenvalue weighted by molar-refractivity contribution is -0.137. The molecule has 1 aromatic carbocycles. The number of aromatic nitrogens is 2. The largest absolute Gasteiger partial charge is 0.443 e. The van der Waals surface area contributed by atoms with Crippen molar-refractivity contribution in [1.29, 1.82) is 0 Å². The number of nitrogens with one attached hydrogen (secondary N) is 1. The quantitative estimate of drug-likeness (QED) is 0.488. The fourth-order valence-electron chi connectivity index (χ4n) is 2.35. The molecular weight excluding hydrogens is 465 g/mol. The van der Waals surface area contributed by atoms with Gasteiger partial charge in [0.05, 0.1) is 5.56 Å². The predicted molar refractivity (Wildman–Crippen MR) is 117 cm³/mol. The van der Waals surface area contributed by atoms with E-state index < -0.39 is 35.1 Å². The molecule has 0 spiro atoms. The van der Waals surface area contributed by atoms with Gasteiger partial charge in [0.2, 0.25) is 5.28 Å². The van der Waals surface area contributed by atoms with Crippen LogP contribution in [0.2, 0.25) is 5.28 Å². The Morgan fingerprint density at radius 3 is 1.82 bits per heavy atom. The van der Waals surface area contributed by atoms with Gasteiger partial charge in [-0.3, -0.25) is 0 Å². The van der Waals surface area contributed by atoms with Gasteiger partial charge in [-0.2, -0.15) is 23.1 Å². The van der Waals surface area contributed by atoms with E-state index in [1.807, 2.05) is 0 Å². The molecule has 180 valence electrons. The van der Waals surface area contributed by atoms with Crippen LogP contribution in [0.15, 0.2) is 30.3 Å². The summed E-state index contributed by atoms with van der Waals surface area (Å²) < 4.78 is 48.9. The number of ether oxygens (including phenoxy) is 2. The summed E-state index contributed by atoms with van der Waals surface area (Å²) in [4.78, 5) is 34.0. The molecule has 1 N–H and O–H groups in total. The van der Waals surface area contributed by atoms with E-state index in [0.717, 1.165) is 12.1 Å². The Kier molecular flexibility index (Phi) is 7.47. The number of amides is 2. The Morgan fingerprint density at radius 1 is 0.909 bits per heavy atom. The summed E-state index contributed by atoms with van der Waals surface area (Å²) in [5.74, 6) is -0.241. The van der Waals surface area contributed by atoms with E-state index in [-0.39, 0.29) is 22.6 Å². The van der Waals surface area contributed by atoms with Crippen molar-refractivity contribution in [2.24, 2.45) is 0 Å². The monoisotopic (exact) mass is 488 g/mol. The van der Waals surface area contributed by atoms with E-state index in [1.54, 1.807) is 41.5 Å². The number of nitrogens with zero attached hydrogens (tertiary/aromatic N) is 3. The first-order valence-electron chi connectivity index (χ1n) is 9.69. The Bertz CT molecular complexity index is 988. The standard InChI is InChI=1S/C21H24ClF3N4O4/c1-19(2,3)32-17(30)29(18(31)33-20(4,5)6)15-11-14(27-16(22)28-15)26-13-9-7-12(8-10-13)21(23,24)25/h7-11H,1-6H3,(H,26,27,28). The molecule has 2 amide bonds. The highest BCUT2D eigenvalue weighted by Gasteiger charge is 2.34. The maximum Gasteiger partial charge on any atom is 0.425 e. The lowest BCUT2D eigenvalue weighted by Gasteiger charge is -2.28. The smallest absolute Gasteiger partial charge is 0.425 e. The third-order valence-electron chi connectivity index (χ3n) is 3.55.